The Balaban J connectivity index is 3.11. The lowest BCUT2D eigenvalue weighted by molar-refractivity contribution is 0.405. The van der Waals surface area contributed by atoms with E-state index >= 15 is 0 Å². The van der Waals surface area contributed by atoms with Gasteiger partial charge in [0, 0.05) is 11.6 Å². The third kappa shape index (κ3) is 2.58. The van der Waals surface area contributed by atoms with Gasteiger partial charge in [-0.25, -0.2) is 8.78 Å². The van der Waals surface area contributed by atoms with Crippen molar-refractivity contribution in [2.75, 3.05) is 13.7 Å². The number of hydrogen-bond donors (Lipinski definition) is 1. The summed E-state index contributed by atoms with van der Waals surface area (Å²) in [5.41, 5.74) is 5.23. The number of halogens is 3. The van der Waals surface area contributed by atoms with Gasteiger partial charge in [-0.1, -0.05) is 11.6 Å². The van der Waals surface area contributed by atoms with Gasteiger partial charge in [0.1, 0.15) is 16.6 Å². The number of methoxy groups -OCH3 is 1. The summed E-state index contributed by atoms with van der Waals surface area (Å²) in [5.74, 6) is -1.41. The van der Waals surface area contributed by atoms with Crippen LogP contribution in [0.5, 0.6) is 5.75 Å². The SMILES string of the molecule is COc1cc(F)c(CCCN)c(F)c1Cl. The van der Waals surface area contributed by atoms with Gasteiger partial charge in [0.05, 0.1) is 7.11 Å². The standard InChI is InChI=1S/C10H12ClF2NO/c1-15-8-5-7(12)6(3-2-4-14)10(13)9(8)11/h5H,2-4,14H2,1H3. The van der Waals surface area contributed by atoms with Gasteiger partial charge < -0.3 is 10.5 Å². The molecular formula is C10H12ClF2NO. The second-order valence-electron chi connectivity index (χ2n) is 3.06. The molecule has 2 N–H and O–H groups in total. The molecule has 0 amide bonds. The molecule has 0 saturated heterocycles. The molecule has 1 aromatic carbocycles. The molecule has 0 atom stereocenters. The van der Waals surface area contributed by atoms with Crippen molar-refractivity contribution in [2.45, 2.75) is 12.8 Å². The average Bonchev–Trinajstić information content (AvgIpc) is 2.23. The molecule has 0 saturated carbocycles. The molecule has 5 heteroatoms. The molecule has 1 rings (SSSR count). The molecule has 0 fully saturated rings. The molecule has 0 unspecified atom stereocenters. The van der Waals surface area contributed by atoms with Crippen molar-refractivity contribution in [3.05, 3.63) is 28.3 Å². The van der Waals surface area contributed by atoms with E-state index in [2.05, 4.69) is 0 Å². The first-order valence-corrected chi connectivity index (χ1v) is 4.90. The molecule has 2 nitrogen and oxygen atoms in total. The Bertz CT molecular complexity index is 358. The molecule has 0 bridgehead atoms. The van der Waals surface area contributed by atoms with Crippen LogP contribution in [0.3, 0.4) is 0 Å². The van der Waals surface area contributed by atoms with Crippen molar-refractivity contribution in [3.8, 4) is 5.75 Å². The summed E-state index contributed by atoms with van der Waals surface area (Å²) >= 11 is 5.65. The highest BCUT2D eigenvalue weighted by Gasteiger charge is 2.17. The van der Waals surface area contributed by atoms with Crippen molar-refractivity contribution in [1.82, 2.24) is 0 Å². The first-order chi connectivity index (χ1) is 7.11. The lowest BCUT2D eigenvalue weighted by Gasteiger charge is -2.09. The van der Waals surface area contributed by atoms with E-state index in [-0.39, 0.29) is 22.8 Å². The lowest BCUT2D eigenvalue weighted by atomic mass is 10.1. The third-order valence-electron chi connectivity index (χ3n) is 2.07. The molecular weight excluding hydrogens is 224 g/mol. The third-order valence-corrected chi connectivity index (χ3v) is 2.42. The fraction of sp³-hybridized carbons (Fsp3) is 0.400. The molecule has 0 spiro atoms. The van der Waals surface area contributed by atoms with E-state index in [9.17, 15) is 8.78 Å². The van der Waals surface area contributed by atoms with Gasteiger partial charge in [-0.3, -0.25) is 0 Å². The summed E-state index contributed by atoms with van der Waals surface area (Å²) < 4.78 is 31.7. The lowest BCUT2D eigenvalue weighted by Crippen LogP contribution is -2.04. The molecule has 0 heterocycles. The normalized spacial score (nSPS) is 10.5. The van der Waals surface area contributed by atoms with Crippen molar-refractivity contribution in [1.29, 1.82) is 0 Å². The van der Waals surface area contributed by atoms with Gasteiger partial charge in [0.15, 0.2) is 5.82 Å². The van der Waals surface area contributed by atoms with Crippen molar-refractivity contribution < 1.29 is 13.5 Å². The van der Waals surface area contributed by atoms with Gasteiger partial charge in [0.2, 0.25) is 0 Å². The Hall–Kier alpha value is -0.870. The van der Waals surface area contributed by atoms with Gasteiger partial charge >= 0.3 is 0 Å². The van der Waals surface area contributed by atoms with Crippen molar-refractivity contribution in [3.63, 3.8) is 0 Å². The average molecular weight is 236 g/mol. The summed E-state index contributed by atoms with van der Waals surface area (Å²) in [6.07, 6.45) is 0.744. The number of hydrogen-bond acceptors (Lipinski definition) is 2. The van der Waals surface area contributed by atoms with Gasteiger partial charge in [0.25, 0.3) is 0 Å². The van der Waals surface area contributed by atoms with Crippen molar-refractivity contribution in [2.24, 2.45) is 5.73 Å². The zero-order chi connectivity index (χ0) is 11.4. The first-order valence-electron chi connectivity index (χ1n) is 4.52. The Morgan fingerprint density at radius 3 is 2.67 bits per heavy atom. The first kappa shape index (κ1) is 12.2. The van der Waals surface area contributed by atoms with E-state index in [1.54, 1.807) is 0 Å². The van der Waals surface area contributed by atoms with E-state index in [1.807, 2.05) is 0 Å². The van der Waals surface area contributed by atoms with Crippen LogP contribution in [0.4, 0.5) is 8.78 Å². The number of ether oxygens (including phenoxy) is 1. The summed E-state index contributed by atoms with van der Waals surface area (Å²) in [6, 6.07) is 1.08. The Labute approximate surface area is 92.0 Å². The molecule has 0 aliphatic carbocycles. The number of rotatable bonds is 4. The summed E-state index contributed by atoms with van der Waals surface area (Å²) in [6.45, 7) is 0.378. The molecule has 0 aromatic heterocycles. The maximum atomic E-state index is 13.5. The fourth-order valence-electron chi connectivity index (χ4n) is 1.27. The molecule has 15 heavy (non-hydrogen) atoms. The number of nitrogens with two attached hydrogens (primary N) is 1. The topological polar surface area (TPSA) is 35.2 Å². The fourth-order valence-corrected chi connectivity index (χ4v) is 1.51. The Morgan fingerprint density at radius 2 is 2.13 bits per heavy atom. The highest BCUT2D eigenvalue weighted by atomic mass is 35.5. The van der Waals surface area contributed by atoms with E-state index in [0.29, 0.717) is 13.0 Å². The van der Waals surface area contributed by atoms with Crippen LogP contribution in [0.15, 0.2) is 6.07 Å². The van der Waals surface area contributed by atoms with Crippen LogP contribution in [-0.4, -0.2) is 13.7 Å². The second-order valence-corrected chi connectivity index (χ2v) is 3.44. The maximum absolute atomic E-state index is 13.5. The van der Waals surface area contributed by atoms with Crippen LogP contribution < -0.4 is 10.5 Å². The highest BCUT2D eigenvalue weighted by Crippen LogP contribution is 2.31. The van der Waals surface area contributed by atoms with Crippen LogP contribution in [0, 0.1) is 11.6 Å². The van der Waals surface area contributed by atoms with Crippen LogP contribution >= 0.6 is 11.6 Å². The van der Waals surface area contributed by atoms with E-state index in [1.165, 1.54) is 7.11 Å². The predicted molar refractivity (Wildman–Crippen MR) is 55.3 cm³/mol. The Kier molecular flexibility index (Phi) is 4.29. The minimum Gasteiger partial charge on any atom is -0.495 e. The van der Waals surface area contributed by atoms with Gasteiger partial charge in [-0.05, 0) is 19.4 Å². The van der Waals surface area contributed by atoms with Crippen LogP contribution in [0.1, 0.15) is 12.0 Å². The maximum Gasteiger partial charge on any atom is 0.151 e. The zero-order valence-electron chi connectivity index (χ0n) is 8.32. The monoisotopic (exact) mass is 235 g/mol. The highest BCUT2D eigenvalue weighted by molar-refractivity contribution is 6.32. The molecule has 0 radical (unpaired) electrons. The summed E-state index contributed by atoms with van der Waals surface area (Å²) in [4.78, 5) is 0. The predicted octanol–water partition coefficient (Wildman–Crippen LogP) is 2.52. The van der Waals surface area contributed by atoms with Gasteiger partial charge in [-0.15, -0.1) is 0 Å². The van der Waals surface area contributed by atoms with E-state index in [4.69, 9.17) is 22.1 Å². The Morgan fingerprint density at radius 1 is 1.47 bits per heavy atom. The molecule has 0 aliphatic rings. The van der Waals surface area contributed by atoms with Gasteiger partial charge in [-0.2, -0.15) is 0 Å². The minimum atomic E-state index is -0.762. The second kappa shape index (κ2) is 5.28. The zero-order valence-corrected chi connectivity index (χ0v) is 9.07. The quantitative estimate of drug-likeness (QED) is 0.814. The van der Waals surface area contributed by atoms with Crippen LogP contribution in [-0.2, 0) is 6.42 Å². The molecule has 0 aliphatic heterocycles. The van der Waals surface area contributed by atoms with Crippen LogP contribution in [0.25, 0.3) is 0 Å². The van der Waals surface area contributed by atoms with Crippen molar-refractivity contribution >= 4 is 11.6 Å². The van der Waals surface area contributed by atoms with E-state index < -0.39 is 11.6 Å². The summed E-state index contributed by atoms with van der Waals surface area (Å²) in [5, 5.41) is -0.189. The van der Waals surface area contributed by atoms with E-state index in [0.717, 1.165) is 6.07 Å². The molecule has 84 valence electrons. The number of benzene rings is 1. The minimum absolute atomic E-state index is 0.00293. The summed E-state index contributed by atoms with van der Waals surface area (Å²) in [7, 11) is 1.31. The van der Waals surface area contributed by atoms with Crippen LogP contribution in [0.2, 0.25) is 5.02 Å². The smallest absolute Gasteiger partial charge is 0.151 e. The molecule has 1 aromatic rings. The largest absolute Gasteiger partial charge is 0.495 e.